The average Bonchev–Trinajstić information content (AvgIpc) is 3.16. The second-order valence-electron chi connectivity index (χ2n) is 6.64. The van der Waals surface area contributed by atoms with E-state index in [2.05, 4.69) is 15.2 Å². The zero-order chi connectivity index (χ0) is 16.1. The van der Waals surface area contributed by atoms with Gasteiger partial charge in [0.2, 0.25) is 0 Å². The number of carboxylic acids is 1. The molecule has 0 radical (unpaired) electrons. The van der Waals surface area contributed by atoms with Crippen LogP contribution in [0.15, 0.2) is 11.5 Å². The molecule has 0 bridgehead atoms. The second kappa shape index (κ2) is 7.93. The molecule has 2 N–H and O–H groups in total. The molecule has 1 saturated carbocycles. The van der Waals surface area contributed by atoms with Crippen LogP contribution >= 0.6 is 11.3 Å². The number of carbonyl (C=O) groups is 1. The maximum absolute atomic E-state index is 10.5. The minimum absolute atomic E-state index is 0.459. The predicted molar refractivity (Wildman–Crippen MR) is 93.8 cm³/mol. The Bertz CT molecular complexity index is 552. The first kappa shape index (κ1) is 16.5. The molecule has 0 spiro atoms. The molecular weight excluding hydrogens is 310 g/mol. The Balaban J connectivity index is 1.45. The van der Waals surface area contributed by atoms with E-state index in [0.717, 1.165) is 30.1 Å². The number of hydrogen-bond acceptors (Lipinski definition) is 5. The van der Waals surface area contributed by atoms with Crippen LogP contribution in [-0.4, -0.2) is 46.6 Å². The van der Waals surface area contributed by atoms with Gasteiger partial charge in [-0.25, -0.2) is 9.78 Å². The molecule has 1 unspecified atom stereocenters. The van der Waals surface area contributed by atoms with E-state index >= 15 is 0 Å². The van der Waals surface area contributed by atoms with Gasteiger partial charge < -0.3 is 15.3 Å². The smallest absolute Gasteiger partial charge is 0.328 e. The zero-order valence-electron chi connectivity index (χ0n) is 13.4. The lowest BCUT2D eigenvalue weighted by Gasteiger charge is -2.26. The fraction of sp³-hybridized carbons (Fsp3) is 0.647. The Labute approximate surface area is 141 Å². The lowest BCUT2D eigenvalue weighted by Crippen LogP contribution is -2.31. The molecule has 126 valence electrons. The van der Waals surface area contributed by atoms with Gasteiger partial charge in [-0.05, 0) is 31.3 Å². The molecule has 3 rings (SSSR count). The number of likely N-dealkylation sites (tertiary alicyclic amines) is 1. The summed E-state index contributed by atoms with van der Waals surface area (Å²) in [6.07, 6.45) is 10.9. The SMILES string of the molecule is O=C(O)/C=C/c1csc(NC2CCN(CC3CCCCC3)C2)n1. The number of aliphatic carboxylic acids is 1. The van der Waals surface area contributed by atoms with Crippen LogP contribution in [0.1, 0.15) is 44.2 Å². The van der Waals surface area contributed by atoms with Crippen LogP contribution in [0.4, 0.5) is 5.13 Å². The van der Waals surface area contributed by atoms with Crippen molar-refractivity contribution in [3.63, 3.8) is 0 Å². The van der Waals surface area contributed by atoms with Gasteiger partial charge in [-0.3, -0.25) is 0 Å². The topological polar surface area (TPSA) is 65.5 Å². The standard InChI is InChI=1S/C17H25N3O2S/c21-16(22)7-6-15-12-23-17(19-15)18-14-8-9-20(11-14)10-13-4-2-1-3-5-13/h6-7,12-14H,1-5,8-11H2,(H,18,19)(H,21,22)/b7-6+. The molecule has 1 aliphatic heterocycles. The molecule has 2 fully saturated rings. The summed E-state index contributed by atoms with van der Waals surface area (Å²) < 4.78 is 0. The zero-order valence-corrected chi connectivity index (χ0v) is 14.2. The van der Waals surface area contributed by atoms with Crippen LogP contribution in [0.2, 0.25) is 0 Å². The molecule has 0 amide bonds. The lowest BCUT2D eigenvalue weighted by molar-refractivity contribution is -0.131. The number of anilines is 1. The number of nitrogens with one attached hydrogen (secondary N) is 1. The van der Waals surface area contributed by atoms with Gasteiger partial charge in [-0.1, -0.05) is 19.3 Å². The summed E-state index contributed by atoms with van der Waals surface area (Å²) in [6.45, 7) is 3.52. The molecule has 1 aliphatic carbocycles. The summed E-state index contributed by atoms with van der Waals surface area (Å²) in [5, 5.41) is 14.9. The molecule has 1 saturated heterocycles. The van der Waals surface area contributed by atoms with E-state index in [9.17, 15) is 4.79 Å². The van der Waals surface area contributed by atoms with Gasteiger partial charge >= 0.3 is 5.97 Å². The third kappa shape index (κ3) is 5.04. The molecule has 1 aromatic rings. The van der Waals surface area contributed by atoms with Crippen molar-refractivity contribution in [3.8, 4) is 0 Å². The minimum Gasteiger partial charge on any atom is -0.478 e. The van der Waals surface area contributed by atoms with Crippen LogP contribution in [0, 0.1) is 5.92 Å². The Morgan fingerprint density at radius 3 is 3.00 bits per heavy atom. The van der Waals surface area contributed by atoms with E-state index < -0.39 is 5.97 Å². The highest BCUT2D eigenvalue weighted by Gasteiger charge is 2.25. The first-order valence-corrected chi connectivity index (χ1v) is 9.42. The van der Waals surface area contributed by atoms with Crippen molar-refractivity contribution in [1.29, 1.82) is 0 Å². The Hall–Kier alpha value is -1.40. The van der Waals surface area contributed by atoms with E-state index in [1.54, 1.807) is 11.3 Å². The quantitative estimate of drug-likeness (QED) is 0.781. The Kier molecular flexibility index (Phi) is 5.67. The van der Waals surface area contributed by atoms with Gasteiger partial charge in [-0.15, -0.1) is 11.3 Å². The maximum atomic E-state index is 10.5. The minimum atomic E-state index is -0.943. The van der Waals surface area contributed by atoms with Crippen molar-refractivity contribution in [1.82, 2.24) is 9.88 Å². The van der Waals surface area contributed by atoms with Crippen molar-refractivity contribution in [2.24, 2.45) is 5.92 Å². The van der Waals surface area contributed by atoms with Gasteiger partial charge in [0, 0.05) is 37.1 Å². The highest BCUT2D eigenvalue weighted by atomic mass is 32.1. The van der Waals surface area contributed by atoms with Crippen LogP contribution in [0.5, 0.6) is 0 Å². The first-order valence-electron chi connectivity index (χ1n) is 8.54. The van der Waals surface area contributed by atoms with E-state index in [4.69, 9.17) is 5.11 Å². The highest BCUT2D eigenvalue weighted by Crippen LogP contribution is 2.26. The second-order valence-corrected chi connectivity index (χ2v) is 7.50. The third-order valence-corrected chi connectivity index (χ3v) is 5.55. The largest absolute Gasteiger partial charge is 0.478 e. The fourth-order valence-electron chi connectivity index (χ4n) is 3.61. The molecular formula is C17H25N3O2S. The van der Waals surface area contributed by atoms with Gasteiger partial charge in [0.15, 0.2) is 5.13 Å². The van der Waals surface area contributed by atoms with Crippen LogP contribution < -0.4 is 5.32 Å². The van der Waals surface area contributed by atoms with Crippen LogP contribution in [0.3, 0.4) is 0 Å². The summed E-state index contributed by atoms with van der Waals surface area (Å²) in [4.78, 5) is 17.5. The highest BCUT2D eigenvalue weighted by molar-refractivity contribution is 7.13. The number of hydrogen-bond donors (Lipinski definition) is 2. The van der Waals surface area contributed by atoms with Gasteiger partial charge in [-0.2, -0.15) is 0 Å². The van der Waals surface area contributed by atoms with Crippen molar-refractivity contribution < 1.29 is 9.90 Å². The Morgan fingerprint density at radius 2 is 2.22 bits per heavy atom. The van der Waals surface area contributed by atoms with Crippen molar-refractivity contribution >= 4 is 28.5 Å². The molecule has 6 heteroatoms. The molecule has 2 heterocycles. The van der Waals surface area contributed by atoms with Crippen molar-refractivity contribution in [3.05, 3.63) is 17.2 Å². The molecule has 1 aromatic heterocycles. The number of aromatic nitrogens is 1. The predicted octanol–water partition coefficient (Wildman–Crippen LogP) is 3.31. The van der Waals surface area contributed by atoms with E-state index in [-0.39, 0.29) is 0 Å². The third-order valence-electron chi connectivity index (χ3n) is 4.76. The number of nitrogens with zero attached hydrogens (tertiary/aromatic N) is 2. The summed E-state index contributed by atoms with van der Waals surface area (Å²) in [7, 11) is 0. The van der Waals surface area contributed by atoms with E-state index in [0.29, 0.717) is 11.7 Å². The van der Waals surface area contributed by atoms with Crippen molar-refractivity contribution in [2.75, 3.05) is 25.0 Å². The normalized spacial score (nSPS) is 23.6. The lowest BCUT2D eigenvalue weighted by atomic mass is 9.89. The summed E-state index contributed by atoms with van der Waals surface area (Å²) in [6, 6.07) is 0.459. The van der Waals surface area contributed by atoms with E-state index in [1.165, 1.54) is 51.3 Å². The monoisotopic (exact) mass is 335 g/mol. The number of thiazole rings is 1. The van der Waals surface area contributed by atoms with Crippen molar-refractivity contribution in [2.45, 2.75) is 44.6 Å². The Morgan fingerprint density at radius 1 is 1.39 bits per heavy atom. The molecule has 1 atom stereocenters. The average molecular weight is 335 g/mol. The molecule has 2 aliphatic rings. The number of carboxylic acid groups (broad SMARTS) is 1. The van der Waals surface area contributed by atoms with Crippen LogP contribution in [0.25, 0.3) is 6.08 Å². The molecule has 5 nitrogen and oxygen atoms in total. The summed E-state index contributed by atoms with van der Waals surface area (Å²) in [5.41, 5.74) is 0.706. The van der Waals surface area contributed by atoms with Crippen LogP contribution in [-0.2, 0) is 4.79 Å². The number of rotatable bonds is 6. The first-order chi connectivity index (χ1) is 11.2. The van der Waals surface area contributed by atoms with E-state index in [1.807, 2.05) is 5.38 Å². The molecule has 0 aromatic carbocycles. The van der Waals surface area contributed by atoms with Gasteiger partial charge in [0.1, 0.15) is 0 Å². The fourth-order valence-corrected chi connectivity index (χ4v) is 4.37. The summed E-state index contributed by atoms with van der Waals surface area (Å²) >= 11 is 1.54. The molecule has 23 heavy (non-hydrogen) atoms. The summed E-state index contributed by atoms with van der Waals surface area (Å²) in [5.74, 6) is -0.0447. The maximum Gasteiger partial charge on any atom is 0.328 e. The van der Waals surface area contributed by atoms with Gasteiger partial charge in [0.05, 0.1) is 5.69 Å². The van der Waals surface area contributed by atoms with Gasteiger partial charge in [0.25, 0.3) is 0 Å².